The molecule has 1 aromatic carbocycles. The zero-order chi connectivity index (χ0) is 14.2. The number of nitrogen functional groups attached to an aromatic ring is 1. The topological polar surface area (TPSA) is 80.5 Å². The molecule has 5 heteroatoms. The summed E-state index contributed by atoms with van der Waals surface area (Å²) in [6.45, 7) is 0. The minimum Gasteiger partial charge on any atom is -0.399 e. The number of rotatable bonds is 3. The van der Waals surface area contributed by atoms with E-state index in [-0.39, 0.29) is 5.41 Å². The number of benzene rings is 1. The number of nitrogens with two attached hydrogens (primary N) is 1. The Labute approximate surface area is 118 Å². The lowest BCUT2D eigenvalue weighted by atomic mass is 9.57. The number of nitriles is 1. The Kier molecular flexibility index (Phi) is 2.94. The smallest absolute Gasteiger partial charge is 0.143 e. The summed E-state index contributed by atoms with van der Waals surface area (Å²) in [6, 6.07) is 10.2. The molecule has 2 aromatic rings. The molecule has 1 aromatic heterocycles. The van der Waals surface area contributed by atoms with E-state index in [9.17, 15) is 0 Å². The summed E-state index contributed by atoms with van der Waals surface area (Å²) >= 11 is 0. The second-order valence-corrected chi connectivity index (χ2v) is 5.61. The quantitative estimate of drug-likeness (QED) is 0.862. The van der Waals surface area contributed by atoms with Gasteiger partial charge in [0, 0.05) is 19.2 Å². The van der Waals surface area contributed by atoms with Gasteiger partial charge in [0.2, 0.25) is 0 Å². The van der Waals surface area contributed by atoms with Crippen molar-refractivity contribution >= 4 is 5.69 Å². The fourth-order valence-corrected chi connectivity index (χ4v) is 3.30. The molecule has 1 aliphatic carbocycles. The fraction of sp³-hybridized carbons (Fsp3) is 0.400. The molecule has 0 atom stereocenters. The van der Waals surface area contributed by atoms with Crippen molar-refractivity contribution in [1.29, 1.82) is 5.26 Å². The van der Waals surface area contributed by atoms with Crippen LogP contribution in [0.2, 0.25) is 0 Å². The zero-order valence-corrected chi connectivity index (χ0v) is 11.5. The van der Waals surface area contributed by atoms with Crippen LogP contribution in [0.25, 0.3) is 0 Å². The highest BCUT2D eigenvalue weighted by molar-refractivity contribution is 5.47. The van der Waals surface area contributed by atoms with Crippen molar-refractivity contribution in [2.75, 3.05) is 5.73 Å². The summed E-state index contributed by atoms with van der Waals surface area (Å²) in [5.41, 5.74) is 7.70. The third-order valence-electron chi connectivity index (χ3n) is 4.23. The van der Waals surface area contributed by atoms with E-state index in [0.29, 0.717) is 12.3 Å². The van der Waals surface area contributed by atoms with E-state index < -0.39 is 0 Å². The van der Waals surface area contributed by atoms with Gasteiger partial charge in [0.25, 0.3) is 0 Å². The molecule has 1 fully saturated rings. The summed E-state index contributed by atoms with van der Waals surface area (Å²) in [5, 5.41) is 17.2. The maximum absolute atomic E-state index is 8.87. The lowest BCUT2D eigenvalue weighted by molar-refractivity contribution is 0.172. The first-order valence-electron chi connectivity index (χ1n) is 6.73. The maximum Gasteiger partial charge on any atom is 0.143 e. The molecule has 0 bridgehead atoms. The molecule has 5 nitrogen and oxygen atoms in total. The lowest BCUT2D eigenvalue weighted by Crippen LogP contribution is -2.44. The zero-order valence-electron chi connectivity index (χ0n) is 11.5. The molecule has 0 radical (unpaired) electrons. The van der Waals surface area contributed by atoms with Crippen molar-refractivity contribution < 1.29 is 0 Å². The second-order valence-electron chi connectivity index (χ2n) is 5.61. The van der Waals surface area contributed by atoms with Gasteiger partial charge in [-0.1, -0.05) is 12.1 Å². The van der Waals surface area contributed by atoms with Crippen molar-refractivity contribution in [1.82, 2.24) is 14.8 Å². The van der Waals surface area contributed by atoms with Gasteiger partial charge in [-0.3, -0.25) is 0 Å². The molecule has 0 spiro atoms. The van der Waals surface area contributed by atoms with E-state index in [1.54, 1.807) is 6.33 Å². The fourth-order valence-electron chi connectivity index (χ4n) is 3.30. The molecule has 0 saturated heterocycles. The van der Waals surface area contributed by atoms with Crippen LogP contribution in [0.4, 0.5) is 5.69 Å². The van der Waals surface area contributed by atoms with Crippen molar-refractivity contribution in [2.45, 2.75) is 24.7 Å². The Morgan fingerprint density at radius 3 is 2.90 bits per heavy atom. The van der Waals surface area contributed by atoms with Gasteiger partial charge in [0.15, 0.2) is 0 Å². The number of aryl methyl sites for hydroxylation is 1. The Hall–Kier alpha value is -2.35. The number of hydrogen-bond donors (Lipinski definition) is 1. The minimum absolute atomic E-state index is 0.151. The molecule has 1 aliphatic rings. The van der Waals surface area contributed by atoms with Crippen LogP contribution >= 0.6 is 0 Å². The summed E-state index contributed by atoms with van der Waals surface area (Å²) in [4.78, 5) is 0. The van der Waals surface area contributed by atoms with Gasteiger partial charge in [0.05, 0.1) is 11.5 Å². The number of nitrogens with zero attached hydrogens (tertiary/aromatic N) is 4. The molecule has 0 aliphatic heterocycles. The largest absolute Gasteiger partial charge is 0.399 e. The Morgan fingerprint density at radius 2 is 2.30 bits per heavy atom. The number of hydrogen-bond acceptors (Lipinski definition) is 4. The minimum atomic E-state index is -0.151. The molecule has 1 heterocycles. The first-order chi connectivity index (χ1) is 9.65. The van der Waals surface area contributed by atoms with Crippen molar-refractivity contribution in [3.8, 4) is 6.07 Å². The molecular weight excluding hydrogens is 250 g/mol. The normalized spacial score (nSPS) is 24.9. The van der Waals surface area contributed by atoms with Crippen molar-refractivity contribution in [3.63, 3.8) is 0 Å². The van der Waals surface area contributed by atoms with Gasteiger partial charge in [-0.15, -0.1) is 10.2 Å². The highest BCUT2D eigenvalue weighted by Crippen LogP contribution is 2.52. The van der Waals surface area contributed by atoms with Gasteiger partial charge in [-0.25, -0.2) is 0 Å². The monoisotopic (exact) mass is 267 g/mol. The van der Waals surface area contributed by atoms with Crippen molar-refractivity contribution in [2.24, 2.45) is 13.0 Å². The first kappa shape index (κ1) is 12.7. The predicted molar refractivity (Wildman–Crippen MR) is 75.6 cm³/mol. The van der Waals surface area contributed by atoms with E-state index in [4.69, 9.17) is 11.0 Å². The average molecular weight is 267 g/mol. The molecule has 102 valence electrons. The van der Waals surface area contributed by atoms with Gasteiger partial charge in [0.1, 0.15) is 12.2 Å². The summed E-state index contributed by atoms with van der Waals surface area (Å²) in [6.07, 6.45) is 4.18. The maximum atomic E-state index is 8.87. The predicted octanol–water partition coefficient (Wildman–Crippen LogP) is 2.01. The Morgan fingerprint density at radius 1 is 1.50 bits per heavy atom. The van der Waals surface area contributed by atoms with E-state index in [0.717, 1.165) is 24.4 Å². The third-order valence-corrected chi connectivity index (χ3v) is 4.23. The van der Waals surface area contributed by atoms with Gasteiger partial charge >= 0.3 is 0 Å². The SMILES string of the molecule is Cn1cnnc1[C@]1(c2cccc(N)c2)C[C@H](CC#N)C1. The third kappa shape index (κ3) is 1.85. The molecule has 0 unspecified atom stereocenters. The van der Waals surface area contributed by atoms with Crippen LogP contribution in [0.3, 0.4) is 0 Å². The highest BCUT2D eigenvalue weighted by atomic mass is 15.3. The van der Waals surface area contributed by atoms with Crippen LogP contribution in [0.5, 0.6) is 0 Å². The van der Waals surface area contributed by atoms with E-state index in [2.05, 4.69) is 22.3 Å². The average Bonchev–Trinajstić information content (AvgIpc) is 2.80. The molecular formula is C15H17N5. The molecule has 20 heavy (non-hydrogen) atoms. The van der Waals surface area contributed by atoms with Crippen LogP contribution in [-0.2, 0) is 12.5 Å². The summed E-state index contributed by atoms with van der Waals surface area (Å²) < 4.78 is 1.96. The van der Waals surface area contributed by atoms with Crippen LogP contribution < -0.4 is 5.73 Å². The van der Waals surface area contributed by atoms with E-state index >= 15 is 0 Å². The number of anilines is 1. The molecule has 3 rings (SSSR count). The summed E-state index contributed by atoms with van der Waals surface area (Å²) in [5.74, 6) is 1.38. The summed E-state index contributed by atoms with van der Waals surface area (Å²) in [7, 11) is 1.96. The molecule has 0 amide bonds. The van der Waals surface area contributed by atoms with Crippen LogP contribution in [-0.4, -0.2) is 14.8 Å². The van der Waals surface area contributed by atoms with E-state index in [1.165, 1.54) is 5.56 Å². The highest BCUT2D eigenvalue weighted by Gasteiger charge is 2.49. The van der Waals surface area contributed by atoms with Gasteiger partial charge in [-0.05, 0) is 36.5 Å². The molecule has 2 N–H and O–H groups in total. The Balaban J connectivity index is 2.03. The van der Waals surface area contributed by atoms with E-state index in [1.807, 2.05) is 29.8 Å². The second kappa shape index (κ2) is 4.64. The van der Waals surface area contributed by atoms with Crippen LogP contribution in [0, 0.1) is 17.2 Å². The van der Waals surface area contributed by atoms with Gasteiger partial charge < -0.3 is 10.3 Å². The first-order valence-corrected chi connectivity index (χ1v) is 6.73. The molecule has 1 saturated carbocycles. The van der Waals surface area contributed by atoms with Crippen molar-refractivity contribution in [3.05, 3.63) is 42.0 Å². The van der Waals surface area contributed by atoms with Crippen LogP contribution in [0.15, 0.2) is 30.6 Å². The standard InChI is InChI=1S/C15H17N5/c1-20-10-18-19-14(20)15(8-11(9-15)5-6-16)12-3-2-4-13(17)7-12/h2-4,7,10-11H,5,8-9,17H2,1H3/t11-,15+. The Bertz CT molecular complexity index is 661. The number of aromatic nitrogens is 3. The lowest BCUT2D eigenvalue weighted by Gasteiger charge is -2.46. The van der Waals surface area contributed by atoms with Crippen LogP contribution in [0.1, 0.15) is 30.7 Å². The van der Waals surface area contributed by atoms with Gasteiger partial charge in [-0.2, -0.15) is 5.26 Å².